The van der Waals surface area contributed by atoms with Crippen LogP contribution in [0.5, 0.6) is 0 Å². The van der Waals surface area contributed by atoms with E-state index in [1.807, 2.05) is 17.9 Å². The van der Waals surface area contributed by atoms with Crippen molar-refractivity contribution in [2.24, 2.45) is 18.7 Å². The number of hydrogen-bond donors (Lipinski definition) is 1. The molecule has 0 aromatic carbocycles. The molecule has 1 fully saturated rings. The molecular weight excluding hydrogens is 164 g/mol. The second-order valence-corrected chi connectivity index (χ2v) is 3.73. The van der Waals surface area contributed by atoms with Crippen LogP contribution in [0.25, 0.3) is 0 Å². The van der Waals surface area contributed by atoms with Crippen molar-refractivity contribution in [3.05, 3.63) is 12.5 Å². The molecule has 13 heavy (non-hydrogen) atoms. The van der Waals surface area contributed by atoms with E-state index in [0.29, 0.717) is 5.92 Å². The fraction of sp³-hybridized carbons (Fsp3) is 0.667. The van der Waals surface area contributed by atoms with E-state index >= 15 is 0 Å². The number of nitrogens with zero attached hydrogens (tertiary/aromatic N) is 3. The molecule has 1 unspecified atom stereocenters. The second kappa shape index (κ2) is 3.38. The average Bonchev–Trinajstić information content (AvgIpc) is 2.71. The Kier molecular flexibility index (Phi) is 2.22. The van der Waals surface area contributed by atoms with Crippen molar-refractivity contribution < 1.29 is 0 Å². The highest BCUT2D eigenvalue weighted by atomic mass is 15.2. The molecule has 0 aliphatic carbocycles. The SMILES string of the molecule is Cn1cnc(N2CCC(CN)C2)c1. The number of nitrogens with two attached hydrogens (primary N) is 1. The molecule has 0 spiro atoms. The molecule has 2 N–H and O–H groups in total. The van der Waals surface area contributed by atoms with Crippen LogP contribution in [-0.4, -0.2) is 29.2 Å². The van der Waals surface area contributed by atoms with Gasteiger partial charge in [0, 0.05) is 26.3 Å². The third kappa shape index (κ3) is 1.67. The van der Waals surface area contributed by atoms with Crippen molar-refractivity contribution in [3.63, 3.8) is 0 Å². The third-order valence-electron chi connectivity index (χ3n) is 2.63. The van der Waals surface area contributed by atoms with Crippen LogP contribution >= 0.6 is 0 Å². The van der Waals surface area contributed by atoms with Gasteiger partial charge in [0.1, 0.15) is 5.82 Å². The number of hydrogen-bond acceptors (Lipinski definition) is 3. The van der Waals surface area contributed by atoms with Gasteiger partial charge in [-0.2, -0.15) is 0 Å². The summed E-state index contributed by atoms with van der Waals surface area (Å²) < 4.78 is 1.98. The summed E-state index contributed by atoms with van der Waals surface area (Å²) in [6, 6.07) is 0. The molecule has 72 valence electrons. The lowest BCUT2D eigenvalue weighted by atomic mass is 10.1. The summed E-state index contributed by atoms with van der Waals surface area (Å²) in [5.41, 5.74) is 5.63. The zero-order valence-corrected chi connectivity index (χ0v) is 7.98. The van der Waals surface area contributed by atoms with Gasteiger partial charge in [0.15, 0.2) is 0 Å². The van der Waals surface area contributed by atoms with Gasteiger partial charge in [-0.3, -0.25) is 0 Å². The van der Waals surface area contributed by atoms with E-state index in [1.54, 1.807) is 0 Å². The monoisotopic (exact) mass is 180 g/mol. The Hall–Kier alpha value is -1.03. The normalized spacial score (nSPS) is 22.6. The molecule has 0 radical (unpaired) electrons. The number of aryl methyl sites for hydroxylation is 1. The fourth-order valence-electron chi connectivity index (χ4n) is 1.80. The summed E-state index contributed by atoms with van der Waals surface area (Å²) in [6.07, 6.45) is 5.09. The minimum atomic E-state index is 0.655. The van der Waals surface area contributed by atoms with Gasteiger partial charge in [-0.15, -0.1) is 0 Å². The summed E-state index contributed by atoms with van der Waals surface area (Å²) in [7, 11) is 1.99. The van der Waals surface area contributed by atoms with Crippen LogP contribution in [0.4, 0.5) is 5.82 Å². The predicted octanol–water partition coefficient (Wildman–Crippen LogP) is 0.205. The van der Waals surface area contributed by atoms with Gasteiger partial charge in [-0.05, 0) is 18.9 Å². The molecule has 1 saturated heterocycles. The molecule has 0 bridgehead atoms. The number of aromatic nitrogens is 2. The smallest absolute Gasteiger partial charge is 0.146 e. The summed E-state index contributed by atoms with van der Waals surface area (Å²) in [4.78, 5) is 6.62. The highest BCUT2D eigenvalue weighted by Crippen LogP contribution is 2.20. The summed E-state index contributed by atoms with van der Waals surface area (Å²) in [5.74, 6) is 1.74. The zero-order valence-electron chi connectivity index (χ0n) is 7.98. The van der Waals surface area contributed by atoms with Crippen LogP contribution in [0.3, 0.4) is 0 Å². The minimum absolute atomic E-state index is 0.655. The van der Waals surface area contributed by atoms with Crippen LogP contribution in [-0.2, 0) is 7.05 Å². The van der Waals surface area contributed by atoms with E-state index in [2.05, 4.69) is 16.1 Å². The van der Waals surface area contributed by atoms with E-state index in [-0.39, 0.29) is 0 Å². The Morgan fingerprint density at radius 1 is 1.69 bits per heavy atom. The first kappa shape index (κ1) is 8.56. The summed E-state index contributed by atoms with van der Waals surface area (Å²) in [6.45, 7) is 2.95. The van der Waals surface area contributed by atoms with Crippen LogP contribution in [0.15, 0.2) is 12.5 Å². The van der Waals surface area contributed by atoms with Gasteiger partial charge in [0.2, 0.25) is 0 Å². The van der Waals surface area contributed by atoms with E-state index in [9.17, 15) is 0 Å². The van der Waals surface area contributed by atoms with Gasteiger partial charge in [-0.1, -0.05) is 0 Å². The Bertz CT molecular complexity index is 281. The lowest BCUT2D eigenvalue weighted by Crippen LogP contribution is -2.22. The largest absolute Gasteiger partial charge is 0.355 e. The number of anilines is 1. The van der Waals surface area contributed by atoms with Gasteiger partial charge in [0.25, 0.3) is 0 Å². The van der Waals surface area contributed by atoms with E-state index in [4.69, 9.17) is 5.73 Å². The van der Waals surface area contributed by atoms with Crippen LogP contribution < -0.4 is 10.6 Å². The summed E-state index contributed by atoms with van der Waals surface area (Å²) in [5, 5.41) is 0. The topological polar surface area (TPSA) is 47.1 Å². The molecule has 1 aliphatic heterocycles. The van der Waals surface area contributed by atoms with Crippen molar-refractivity contribution in [2.45, 2.75) is 6.42 Å². The molecule has 1 aromatic heterocycles. The molecule has 4 nitrogen and oxygen atoms in total. The minimum Gasteiger partial charge on any atom is -0.355 e. The maximum absolute atomic E-state index is 5.63. The van der Waals surface area contributed by atoms with Gasteiger partial charge < -0.3 is 15.2 Å². The third-order valence-corrected chi connectivity index (χ3v) is 2.63. The van der Waals surface area contributed by atoms with Crippen LogP contribution in [0.1, 0.15) is 6.42 Å². The summed E-state index contributed by atoms with van der Waals surface area (Å²) >= 11 is 0. The number of rotatable bonds is 2. The quantitative estimate of drug-likeness (QED) is 0.707. The second-order valence-electron chi connectivity index (χ2n) is 3.73. The van der Waals surface area contributed by atoms with Gasteiger partial charge >= 0.3 is 0 Å². The standard InChI is InChI=1S/C9H16N4/c1-12-6-9(11-7-12)13-3-2-8(4-10)5-13/h6-8H,2-5,10H2,1H3. The van der Waals surface area contributed by atoms with Crippen LogP contribution in [0, 0.1) is 5.92 Å². The first-order chi connectivity index (χ1) is 6.29. The van der Waals surface area contributed by atoms with Gasteiger partial charge in [-0.25, -0.2) is 4.98 Å². The van der Waals surface area contributed by atoms with Gasteiger partial charge in [0.05, 0.1) is 6.33 Å². The van der Waals surface area contributed by atoms with E-state index < -0.39 is 0 Å². The zero-order chi connectivity index (χ0) is 9.26. The molecule has 1 aromatic rings. The van der Waals surface area contributed by atoms with E-state index in [0.717, 1.165) is 25.5 Å². The predicted molar refractivity (Wildman–Crippen MR) is 52.6 cm³/mol. The first-order valence-electron chi connectivity index (χ1n) is 4.72. The highest BCUT2D eigenvalue weighted by molar-refractivity contribution is 5.37. The molecule has 4 heteroatoms. The Morgan fingerprint density at radius 2 is 2.54 bits per heavy atom. The maximum Gasteiger partial charge on any atom is 0.146 e. The molecule has 2 rings (SSSR count). The Balaban J connectivity index is 2.03. The van der Waals surface area contributed by atoms with Crippen molar-refractivity contribution in [2.75, 3.05) is 24.5 Å². The molecular formula is C9H16N4. The first-order valence-corrected chi connectivity index (χ1v) is 4.72. The van der Waals surface area contributed by atoms with Crippen LogP contribution in [0.2, 0.25) is 0 Å². The fourth-order valence-corrected chi connectivity index (χ4v) is 1.80. The number of imidazole rings is 1. The van der Waals surface area contributed by atoms with Crippen molar-refractivity contribution in [1.29, 1.82) is 0 Å². The average molecular weight is 180 g/mol. The van der Waals surface area contributed by atoms with Crippen molar-refractivity contribution in [3.8, 4) is 0 Å². The van der Waals surface area contributed by atoms with E-state index in [1.165, 1.54) is 6.42 Å². The molecule has 0 amide bonds. The maximum atomic E-state index is 5.63. The van der Waals surface area contributed by atoms with Crippen molar-refractivity contribution in [1.82, 2.24) is 9.55 Å². The molecule has 0 saturated carbocycles. The van der Waals surface area contributed by atoms with Crippen molar-refractivity contribution >= 4 is 5.82 Å². The molecule has 1 aliphatic rings. The lowest BCUT2D eigenvalue weighted by Gasteiger charge is -2.14. The molecule has 2 heterocycles. The molecule has 1 atom stereocenters. The Morgan fingerprint density at radius 3 is 3.08 bits per heavy atom. The Labute approximate surface area is 78.4 Å². The highest BCUT2D eigenvalue weighted by Gasteiger charge is 2.22. The lowest BCUT2D eigenvalue weighted by molar-refractivity contribution is 0.602.